The van der Waals surface area contributed by atoms with Gasteiger partial charge in [0.15, 0.2) is 14.1 Å². The van der Waals surface area contributed by atoms with E-state index in [-0.39, 0.29) is 24.7 Å². The molecule has 3 aromatic carbocycles. The average molecular weight is 605 g/mol. The van der Waals surface area contributed by atoms with Crippen molar-refractivity contribution >= 4 is 8.32 Å². The van der Waals surface area contributed by atoms with E-state index in [4.69, 9.17) is 23.4 Å². The fourth-order valence-corrected chi connectivity index (χ4v) is 5.96. The van der Waals surface area contributed by atoms with Crippen molar-refractivity contribution in [1.29, 1.82) is 0 Å². The van der Waals surface area contributed by atoms with Gasteiger partial charge in [0.2, 0.25) is 0 Å². The Morgan fingerprint density at radius 1 is 0.767 bits per heavy atom. The van der Waals surface area contributed by atoms with Gasteiger partial charge in [-0.15, -0.1) is 6.58 Å². The first-order valence-electron chi connectivity index (χ1n) is 15.1. The lowest BCUT2D eigenvalue weighted by molar-refractivity contribution is -0.367. The molecule has 232 valence electrons. The maximum atomic E-state index is 12.1. The second-order valence-electron chi connectivity index (χ2n) is 12.8. The number of benzene rings is 3. The molecule has 1 aliphatic rings. The quantitative estimate of drug-likeness (QED) is 0.153. The van der Waals surface area contributed by atoms with Crippen LogP contribution in [-0.4, -0.2) is 50.2 Å². The highest BCUT2D eigenvalue weighted by molar-refractivity contribution is 6.74. The van der Waals surface area contributed by atoms with E-state index in [9.17, 15) is 5.11 Å². The molecule has 1 aliphatic heterocycles. The molecule has 5 atom stereocenters. The van der Waals surface area contributed by atoms with Crippen LogP contribution in [0.2, 0.25) is 18.1 Å². The van der Waals surface area contributed by atoms with Crippen LogP contribution in [0.5, 0.6) is 0 Å². The van der Waals surface area contributed by atoms with E-state index in [1.54, 1.807) is 6.08 Å². The zero-order valence-electron chi connectivity index (χ0n) is 26.3. The van der Waals surface area contributed by atoms with E-state index in [1.165, 1.54) is 0 Å². The second-order valence-corrected chi connectivity index (χ2v) is 17.6. The molecule has 0 aromatic heterocycles. The molecule has 0 bridgehead atoms. The van der Waals surface area contributed by atoms with Crippen LogP contribution < -0.4 is 0 Å². The summed E-state index contributed by atoms with van der Waals surface area (Å²) in [6.45, 7) is 16.2. The Bertz CT molecular complexity index is 1250. The molecule has 0 aliphatic carbocycles. The first-order valence-corrected chi connectivity index (χ1v) is 18.0. The van der Waals surface area contributed by atoms with Crippen LogP contribution in [0, 0.1) is 0 Å². The second kappa shape index (κ2) is 14.9. The topological polar surface area (TPSA) is 66.4 Å². The van der Waals surface area contributed by atoms with Gasteiger partial charge < -0.3 is 28.5 Å². The maximum Gasteiger partial charge on any atom is 0.198 e. The molecule has 1 saturated heterocycles. The van der Waals surface area contributed by atoms with Crippen molar-refractivity contribution in [3.05, 3.63) is 120 Å². The highest BCUT2D eigenvalue weighted by Crippen LogP contribution is 2.40. The number of aliphatic hydroxyl groups is 1. The third-order valence-corrected chi connectivity index (χ3v) is 13.0. The van der Waals surface area contributed by atoms with Gasteiger partial charge in [0, 0.05) is 6.42 Å². The zero-order valence-corrected chi connectivity index (χ0v) is 27.3. The van der Waals surface area contributed by atoms with Crippen molar-refractivity contribution in [1.82, 2.24) is 0 Å². The van der Waals surface area contributed by atoms with Crippen LogP contribution in [0.3, 0.4) is 0 Å². The summed E-state index contributed by atoms with van der Waals surface area (Å²) >= 11 is 0. The lowest BCUT2D eigenvalue weighted by atomic mass is 9.89. The van der Waals surface area contributed by atoms with Crippen LogP contribution in [0.1, 0.15) is 43.9 Å². The van der Waals surface area contributed by atoms with Crippen LogP contribution in [-0.2, 0) is 43.2 Å². The minimum atomic E-state index is -2.15. The standard InChI is InChI=1S/C36H48O6Si/c1-7-23-36(37)34(40-26-30-21-15-10-16-22-30)33(39-25-29-19-13-9-14-20-29)32(38-24-28-17-11-8-12-18-28)31(42-36)27-41-43(5,6)35(2,3)4/h7-22,31-34,37H,1,23-27H2,2-6H3/t31-,32-,33-,34+,36?/m1/s1. The van der Waals surface area contributed by atoms with Gasteiger partial charge in [0.1, 0.15) is 24.4 Å². The van der Waals surface area contributed by atoms with Gasteiger partial charge in [-0.1, -0.05) is 118 Å². The van der Waals surface area contributed by atoms with Gasteiger partial charge in [-0.25, -0.2) is 0 Å². The van der Waals surface area contributed by atoms with E-state index in [1.807, 2.05) is 91.0 Å². The molecule has 1 N–H and O–H groups in total. The lowest BCUT2D eigenvalue weighted by Crippen LogP contribution is -2.67. The van der Waals surface area contributed by atoms with Crippen molar-refractivity contribution in [3.8, 4) is 0 Å². The molecule has 0 radical (unpaired) electrons. The summed E-state index contributed by atoms with van der Waals surface area (Å²) in [6.07, 6.45) is -0.915. The highest BCUT2D eigenvalue weighted by Gasteiger charge is 2.56. The molecule has 0 spiro atoms. The normalized spacial score (nSPS) is 24.5. The van der Waals surface area contributed by atoms with E-state index in [0.29, 0.717) is 13.2 Å². The number of hydrogen-bond acceptors (Lipinski definition) is 6. The minimum absolute atomic E-state index is 0.00399. The molecular formula is C36H48O6Si. The van der Waals surface area contributed by atoms with Crippen molar-refractivity contribution in [2.45, 2.75) is 95.3 Å². The largest absolute Gasteiger partial charge is 0.414 e. The molecule has 3 aromatic rings. The number of ether oxygens (including phenoxy) is 4. The SMILES string of the molecule is C=CCC1(O)O[C@H](CO[Si](C)(C)C(C)(C)C)[C@@H](OCc2ccccc2)[C@@H](OCc2ccccc2)[C@@H]1OCc1ccccc1. The van der Waals surface area contributed by atoms with Crippen molar-refractivity contribution in [2.24, 2.45) is 0 Å². The van der Waals surface area contributed by atoms with E-state index in [0.717, 1.165) is 16.7 Å². The summed E-state index contributed by atoms with van der Waals surface area (Å²) < 4.78 is 33.1. The average Bonchev–Trinajstić information content (AvgIpc) is 2.99. The van der Waals surface area contributed by atoms with Gasteiger partial charge >= 0.3 is 0 Å². The molecule has 43 heavy (non-hydrogen) atoms. The van der Waals surface area contributed by atoms with Gasteiger partial charge in [-0.2, -0.15) is 0 Å². The van der Waals surface area contributed by atoms with Crippen molar-refractivity contribution in [3.63, 3.8) is 0 Å². The Balaban J connectivity index is 1.70. The Morgan fingerprint density at radius 3 is 1.65 bits per heavy atom. The number of rotatable bonds is 14. The Hall–Kier alpha value is -2.62. The summed E-state index contributed by atoms with van der Waals surface area (Å²) in [6, 6.07) is 29.9. The van der Waals surface area contributed by atoms with Gasteiger partial charge in [0.25, 0.3) is 0 Å². The van der Waals surface area contributed by atoms with Crippen LogP contribution in [0.4, 0.5) is 0 Å². The molecular weight excluding hydrogens is 556 g/mol. The number of hydrogen-bond donors (Lipinski definition) is 1. The Kier molecular flexibility index (Phi) is 11.5. The summed E-state index contributed by atoms with van der Waals surface area (Å²) in [4.78, 5) is 0. The van der Waals surface area contributed by atoms with E-state index >= 15 is 0 Å². The third-order valence-electron chi connectivity index (χ3n) is 8.48. The summed E-state index contributed by atoms with van der Waals surface area (Å²) in [5, 5.41) is 12.1. The first kappa shape index (κ1) is 33.3. The Labute approximate surface area is 258 Å². The molecule has 7 heteroatoms. The summed E-state index contributed by atoms with van der Waals surface area (Å²) in [7, 11) is -2.15. The van der Waals surface area contributed by atoms with Crippen LogP contribution in [0.25, 0.3) is 0 Å². The van der Waals surface area contributed by atoms with E-state index in [2.05, 4.69) is 40.4 Å². The first-order chi connectivity index (χ1) is 20.5. The van der Waals surface area contributed by atoms with Gasteiger partial charge in [-0.3, -0.25) is 0 Å². The Morgan fingerprint density at radius 2 is 1.21 bits per heavy atom. The van der Waals surface area contributed by atoms with Gasteiger partial charge in [0.05, 0.1) is 26.4 Å². The molecule has 0 amide bonds. The third kappa shape index (κ3) is 8.96. The highest BCUT2D eigenvalue weighted by atomic mass is 28.4. The molecule has 1 unspecified atom stereocenters. The fraction of sp³-hybridized carbons (Fsp3) is 0.444. The lowest BCUT2D eigenvalue weighted by Gasteiger charge is -2.51. The van der Waals surface area contributed by atoms with Gasteiger partial charge in [-0.05, 0) is 34.8 Å². The molecule has 4 rings (SSSR count). The van der Waals surface area contributed by atoms with Crippen molar-refractivity contribution < 1.29 is 28.5 Å². The molecule has 1 fully saturated rings. The molecule has 0 saturated carbocycles. The zero-order chi connectivity index (χ0) is 30.9. The predicted octanol–water partition coefficient (Wildman–Crippen LogP) is 7.43. The monoisotopic (exact) mass is 604 g/mol. The minimum Gasteiger partial charge on any atom is -0.414 e. The fourth-order valence-electron chi connectivity index (χ4n) is 4.95. The van der Waals surface area contributed by atoms with E-state index < -0.39 is 38.5 Å². The molecule has 1 heterocycles. The molecule has 6 nitrogen and oxygen atoms in total. The van der Waals surface area contributed by atoms with Crippen LogP contribution >= 0.6 is 0 Å². The summed E-state index contributed by atoms with van der Waals surface area (Å²) in [5.74, 6) is -1.70. The maximum absolute atomic E-state index is 12.1. The van der Waals surface area contributed by atoms with Crippen molar-refractivity contribution in [2.75, 3.05) is 6.61 Å². The smallest absolute Gasteiger partial charge is 0.198 e. The summed E-state index contributed by atoms with van der Waals surface area (Å²) in [5.41, 5.74) is 3.02. The van der Waals surface area contributed by atoms with Crippen LogP contribution in [0.15, 0.2) is 104 Å². The predicted molar refractivity (Wildman–Crippen MR) is 173 cm³/mol.